The number of carbonyl (C=O) groups excluding carboxylic acids is 2. The normalized spacial score (nSPS) is 12.2. The van der Waals surface area contributed by atoms with E-state index in [9.17, 15) is 18.0 Å². The number of methoxy groups -OCH3 is 1. The zero-order valence-corrected chi connectivity index (χ0v) is 26.8. The van der Waals surface area contributed by atoms with Crippen molar-refractivity contribution in [2.45, 2.75) is 51.0 Å². The molecule has 0 aliphatic rings. The van der Waals surface area contributed by atoms with Gasteiger partial charge in [-0.2, -0.15) is 0 Å². The summed E-state index contributed by atoms with van der Waals surface area (Å²) >= 11 is 6.04. The Balaban J connectivity index is 1.60. The summed E-state index contributed by atoms with van der Waals surface area (Å²) in [7, 11) is 0.923. The van der Waals surface area contributed by atoms with Crippen molar-refractivity contribution in [3.63, 3.8) is 0 Å². The summed E-state index contributed by atoms with van der Waals surface area (Å²) in [5.74, 6) is -0.238. The van der Waals surface area contributed by atoms with Crippen molar-refractivity contribution >= 4 is 44.3 Å². The molecule has 43 heavy (non-hydrogen) atoms. The quantitative estimate of drug-likeness (QED) is 0.206. The lowest BCUT2D eigenvalue weighted by molar-refractivity contribution is -0.132. The van der Waals surface area contributed by atoms with Crippen molar-refractivity contribution in [3.05, 3.63) is 94.1 Å². The number of halogens is 1. The number of aryl methyl sites for hydroxylation is 2. The fourth-order valence-electron chi connectivity index (χ4n) is 5.22. The molecule has 1 atom stereocenters. The molecule has 228 valence electrons. The predicted octanol–water partition coefficient (Wildman–Crippen LogP) is 6.08. The Morgan fingerprint density at radius 2 is 1.79 bits per heavy atom. The third kappa shape index (κ3) is 7.40. The molecule has 1 heterocycles. The first kappa shape index (κ1) is 32.1. The molecule has 0 aliphatic heterocycles. The third-order valence-corrected chi connectivity index (χ3v) is 9.34. The molecular formula is C33H38ClN3O5S. The number of carbonyl (C=O) groups is 2. The van der Waals surface area contributed by atoms with Crippen LogP contribution in [0.1, 0.15) is 53.7 Å². The third-order valence-electron chi connectivity index (χ3n) is 7.50. The SMILES string of the molecule is CCCn1cc(Cc2ccc(C(=O)NS(=O)(=O)c3ccccc3Cl)cc2OC)c2cc(CCC(C)C(=O)N(C)C)ccc21. The number of sulfonamides is 1. The summed E-state index contributed by atoms with van der Waals surface area (Å²) in [6.07, 6.45) is 5.25. The molecule has 1 unspecified atom stereocenters. The van der Waals surface area contributed by atoms with Crippen LogP contribution in [0, 0.1) is 5.92 Å². The highest BCUT2D eigenvalue weighted by molar-refractivity contribution is 7.90. The minimum Gasteiger partial charge on any atom is -0.496 e. The van der Waals surface area contributed by atoms with Gasteiger partial charge in [0.2, 0.25) is 5.91 Å². The lowest BCUT2D eigenvalue weighted by atomic mass is 9.97. The van der Waals surface area contributed by atoms with E-state index in [-0.39, 0.29) is 27.3 Å². The van der Waals surface area contributed by atoms with E-state index < -0.39 is 15.9 Å². The fourth-order valence-corrected chi connectivity index (χ4v) is 6.72. The summed E-state index contributed by atoms with van der Waals surface area (Å²) in [4.78, 5) is 26.7. The molecule has 8 nitrogen and oxygen atoms in total. The first-order valence-electron chi connectivity index (χ1n) is 14.3. The number of hydrogen-bond donors (Lipinski definition) is 1. The van der Waals surface area contributed by atoms with Crippen molar-refractivity contribution in [2.24, 2.45) is 5.92 Å². The van der Waals surface area contributed by atoms with E-state index in [2.05, 4.69) is 40.6 Å². The van der Waals surface area contributed by atoms with Crippen molar-refractivity contribution in [2.75, 3.05) is 21.2 Å². The topological polar surface area (TPSA) is 97.7 Å². The Labute approximate surface area is 258 Å². The molecule has 3 aromatic carbocycles. The smallest absolute Gasteiger partial charge is 0.265 e. The molecule has 0 fully saturated rings. The Morgan fingerprint density at radius 3 is 2.47 bits per heavy atom. The average Bonchev–Trinajstić information content (AvgIpc) is 3.31. The molecule has 2 amide bonds. The minimum atomic E-state index is -4.16. The number of nitrogens with zero attached hydrogens (tertiary/aromatic N) is 2. The maximum atomic E-state index is 12.9. The van der Waals surface area contributed by atoms with E-state index in [1.165, 1.54) is 30.9 Å². The highest BCUT2D eigenvalue weighted by Gasteiger charge is 2.22. The first-order chi connectivity index (χ1) is 20.4. The number of amides is 2. The van der Waals surface area contributed by atoms with Crippen LogP contribution in [0.2, 0.25) is 5.02 Å². The number of fused-ring (bicyclic) bond motifs is 1. The molecule has 0 spiro atoms. The maximum Gasteiger partial charge on any atom is 0.265 e. The summed E-state index contributed by atoms with van der Waals surface area (Å²) < 4.78 is 35.6. The van der Waals surface area contributed by atoms with Gasteiger partial charge in [-0.05, 0) is 72.4 Å². The summed E-state index contributed by atoms with van der Waals surface area (Å²) in [5.41, 5.74) is 4.42. The van der Waals surface area contributed by atoms with E-state index in [0.29, 0.717) is 12.2 Å². The Kier molecular flexibility index (Phi) is 10.2. The molecule has 0 aliphatic carbocycles. The van der Waals surface area contributed by atoms with E-state index in [0.717, 1.165) is 47.8 Å². The Hall–Kier alpha value is -3.82. The molecule has 4 aromatic rings. The van der Waals surface area contributed by atoms with E-state index >= 15 is 0 Å². The number of aromatic nitrogens is 1. The molecule has 0 radical (unpaired) electrons. The molecule has 10 heteroatoms. The van der Waals surface area contributed by atoms with Crippen LogP contribution >= 0.6 is 11.6 Å². The fraction of sp³-hybridized carbons (Fsp3) is 0.333. The van der Waals surface area contributed by atoms with E-state index in [4.69, 9.17) is 16.3 Å². The largest absolute Gasteiger partial charge is 0.496 e. The van der Waals surface area contributed by atoms with Crippen molar-refractivity contribution in [3.8, 4) is 5.75 Å². The molecule has 1 N–H and O–H groups in total. The van der Waals surface area contributed by atoms with Crippen molar-refractivity contribution in [1.29, 1.82) is 0 Å². The van der Waals surface area contributed by atoms with Crippen LogP contribution in [0.5, 0.6) is 5.75 Å². The maximum absolute atomic E-state index is 12.9. The van der Waals surface area contributed by atoms with Gasteiger partial charge in [-0.3, -0.25) is 9.59 Å². The monoisotopic (exact) mass is 623 g/mol. The molecule has 1 aromatic heterocycles. The van der Waals surface area contributed by atoms with Crippen LogP contribution in [0.4, 0.5) is 0 Å². The molecule has 0 saturated carbocycles. The number of rotatable bonds is 12. The lowest BCUT2D eigenvalue weighted by Gasteiger charge is -2.16. The standard InChI is InChI=1S/C33H38ClN3O5S/c1-6-17-37-21-26(27-18-23(13-16-29(27)37)12-11-22(2)33(39)36(3)4)19-24-14-15-25(20-30(24)42-5)32(38)35-43(40,41)31-10-8-7-9-28(31)34/h7-10,13-16,18,20-22H,6,11-12,17,19H2,1-5H3,(H,35,38). The van der Waals surface area contributed by atoms with Gasteiger partial charge in [0.15, 0.2) is 0 Å². The number of benzene rings is 3. The second-order valence-electron chi connectivity index (χ2n) is 10.9. The van der Waals surface area contributed by atoms with Gasteiger partial charge in [0, 0.05) is 55.6 Å². The van der Waals surface area contributed by atoms with Gasteiger partial charge in [0.05, 0.1) is 12.1 Å². The van der Waals surface area contributed by atoms with Gasteiger partial charge >= 0.3 is 0 Å². The highest BCUT2D eigenvalue weighted by Crippen LogP contribution is 2.30. The van der Waals surface area contributed by atoms with Crippen LogP contribution in [0.15, 0.2) is 71.8 Å². The van der Waals surface area contributed by atoms with Gasteiger partial charge in [-0.25, -0.2) is 13.1 Å². The summed E-state index contributed by atoms with van der Waals surface area (Å²) in [5, 5.41) is 1.16. The Morgan fingerprint density at radius 1 is 1.05 bits per heavy atom. The number of ether oxygens (including phenoxy) is 1. The average molecular weight is 624 g/mol. The summed E-state index contributed by atoms with van der Waals surface area (Å²) in [6, 6.07) is 17.4. The van der Waals surface area contributed by atoms with Gasteiger partial charge < -0.3 is 14.2 Å². The van der Waals surface area contributed by atoms with Gasteiger partial charge in [0.1, 0.15) is 10.6 Å². The summed E-state index contributed by atoms with van der Waals surface area (Å²) in [6.45, 7) is 4.98. The first-order valence-corrected chi connectivity index (χ1v) is 16.1. The predicted molar refractivity (Wildman–Crippen MR) is 170 cm³/mol. The van der Waals surface area contributed by atoms with Gasteiger partial charge in [-0.1, -0.05) is 49.7 Å². The second kappa shape index (κ2) is 13.7. The minimum absolute atomic E-state index is 0.0256. The van der Waals surface area contributed by atoms with Crippen molar-refractivity contribution in [1.82, 2.24) is 14.2 Å². The molecule has 4 rings (SSSR count). The van der Waals surface area contributed by atoms with Crippen LogP contribution in [-0.4, -0.2) is 50.9 Å². The van der Waals surface area contributed by atoms with E-state index in [1.54, 1.807) is 43.3 Å². The van der Waals surface area contributed by atoms with Crippen LogP contribution in [-0.2, 0) is 34.2 Å². The molecular weight excluding hydrogens is 586 g/mol. The Bertz CT molecular complexity index is 1750. The number of nitrogens with one attached hydrogen (secondary N) is 1. The lowest BCUT2D eigenvalue weighted by Crippen LogP contribution is -2.30. The van der Waals surface area contributed by atoms with Crippen LogP contribution in [0.3, 0.4) is 0 Å². The van der Waals surface area contributed by atoms with Gasteiger partial charge in [0.25, 0.3) is 15.9 Å². The van der Waals surface area contributed by atoms with Crippen LogP contribution < -0.4 is 9.46 Å². The molecule has 0 bridgehead atoms. The van der Waals surface area contributed by atoms with Crippen molar-refractivity contribution < 1.29 is 22.7 Å². The zero-order chi connectivity index (χ0) is 31.3. The van der Waals surface area contributed by atoms with Gasteiger partial charge in [-0.15, -0.1) is 0 Å². The zero-order valence-electron chi connectivity index (χ0n) is 25.2. The van der Waals surface area contributed by atoms with Crippen LogP contribution in [0.25, 0.3) is 10.9 Å². The number of hydrogen-bond acceptors (Lipinski definition) is 5. The van der Waals surface area contributed by atoms with E-state index in [1.807, 2.05) is 6.92 Å². The molecule has 0 saturated heterocycles. The second-order valence-corrected chi connectivity index (χ2v) is 13.0. The highest BCUT2D eigenvalue weighted by atomic mass is 35.5.